The van der Waals surface area contributed by atoms with E-state index in [2.05, 4.69) is 46.6 Å². The summed E-state index contributed by atoms with van der Waals surface area (Å²) in [4.78, 5) is 2.44. The van der Waals surface area contributed by atoms with Crippen LogP contribution in [0.3, 0.4) is 0 Å². The topological polar surface area (TPSA) is 54.0 Å². The van der Waals surface area contributed by atoms with E-state index in [4.69, 9.17) is 9.47 Å². The summed E-state index contributed by atoms with van der Waals surface area (Å²) in [7, 11) is 3.34. The van der Waals surface area contributed by atoms with Crippen LogP contribution in [0, 0.1) is 0 Å². The molecule has 0 aliphatic carbocycles. The van der Waals surface area contributed by atoms with Crippen molar-refractivity contribution in [2.24, 2.45) is 0 Å². The molecule has 0 radical (unpaired) electrons. The van der Waals surface area contributed by atoms with E-state index >= 15 is 0 Å². The van der Waals surface area contributed by atoms with E-state index in [1.165, 1.54) is 11.1 Å². The van der Waals surface area contributed by atoms with Gasteiger partial charge in [-0.25, -0.2) is 0 Å². The quantitative estimate of drug-likeness (QED) is 0.650. The SMILES string of the molecule is COc1cc(CNCCCN2CCC(O)CC2)c(-c2ccccc2)cc1OC. The second-order valence-corrected chi connectivity index (χ2v) is 7.33. The lowest BCUT2D eigenvalue weighted by Gasteiger charge is -2.29. The first kappa shape index (κ1) is 20.6. The Kier molecular flexibility index (Phi) is 7.71. The molecule has 2 N–H and O–H groups in total. The van der Waals surface area contributed by atoms with Gasteiger partial charge < -0.3 is 24.8 Å². The van der Waals surface area contributed by atoms with Gasteiger partial charge in [-0.3, -0.25) is 0 Å². The Morgan fingerprint density at radius 3 is 2.39 bits per heavy atom. The first-order chi connectivity index (χ1) is 13.7. The minimum atomic E-state index is -0.101. The number of aliphatic hydroxyl groups excluding tert-OH is 1. The molecule has 1 heterocycles. The van der Waals surface area contributed by atoms with Crippen molar-refractivity contribution in [3.8, 4) is 22.6 Å². The molecule has 1 fully saturated rings. The maximum absolute atomic E-state index is 9.60. The minimum absolute atomic E-state index is 0.101. The highest BCUT2D eigenvalue weighted by atomic mass is 16.5. The molecule has 0 bridgehead atoms. The van der Waals surface area contributed by atoms with Gasteiger partial charge in [0.15, 0.2) is 11.5 Å². The zero-order chi connectivity index (χ0) is 19.8. The summed E-state index contributed by atoms with van der Waals surface area (Å²) in [5.74, 6) is 1.50. The lowest BCUT2D eigenvalue weighted by atomic mass is 9.98. The van der Waals surface area contributed by atoms with Crippen LogP contribution in [0.4, 0.5) is 0 Å². The molecule has 0 saturated carbocycles. The number of piperidine rings is 1. The number of likely N-dealkylation sites (tertiary alicyclic amines) is 1. The van der Waals surface area contributed by atoms with Crippen LogP contribution in [-0.4, -0.2) is 56.5 Å². The summed E-state index contributed by atoms with van der Waals surface area (Å²) in [6, 6.07) is 14.5. The van der Waals surface area contributed by atoms with E-state index in [-0.39, 0.29) is 6.10 Å². The van der Waals surface area contributed by atoms with Gasteiger partial charge in [-0.1, -0.05) is 30.3 Å². The average molecular weight is 385 g/mol. The Labute approximate surface area is 168 Å². The van der Waals surface area contributed by atoms with E-state index in [0.29, 0.717) is 0 Å². The summed E-state index contributed by atoms with van der Waals surface area (Å²) in [6.45, 7) is 4.84. The van der Waals surface area contributed by atoms with Crippen LogP contribution in [0.5, 0.6) is 11.5 Å². The van der Waals surface area contributed by atoms with E-state index in [0.717, 1.165) is 69.0 Å². The molecule has 0 amide bonds. The molecular weight excluding hydrogens is 352 g/mol. The van der Waals surface area contributed by atoms with Crippen LogP contribution < -0.4 is 14.8 Å². The number of aliphatic hydroxyl groups is 1. The zero-order valence-corrected chi connectivity index (χ0v) is 17.0. The number of nitrogens with one attached hydrogen (secondary N) is 1. The molecule has 1 aliphatic heterocycles. The highest BCUT2D eigenvalue weighted by Gasteiger charge is 2.16. The first-order valence-electron chi connectivity index (χ1n) is 10.1. The highest BCUT2D eigenvalue weighted by Crippen LogP contribution is 2.35. The predicted molar refractivity (Wildman–Crippen MR) is 113 cm³/mol. The van der Waals surface area contributed by atoms with Crippen molar-refractivity contribution in [1.82, 2.24) is 10.2 Å². The molecule has 1 saturated heterocycles. The molecule has 152 valence electrons. The molecule has 2 aromatic carbocycles. The Hall–Kier alpha value is -2.08. The van der Waals surface area contributed by atoms with Crippen molar-refractivity contribution in [2.45, 2.75) is 31.9 Å². The first-order valence-corrected chi connectivity index (χ1v) is 10.1. The minimum Gasteiger partial charge on any atom is -0.493 e. The molecule has 28 heavy (non-hydrogen) atoms. The van der Waals surface area contributed by atoms with Crippen molar-refractivity contribution >= 4 is 0 Å². The molecule has 0 unspecified atom stereocenters. The zero-order valence-electron chi connectivity index (χ0n) is 17.0. The Morgan fingerprint density at radius 1 is 1.04 bits per heavy atom. The molecule has 5 heteroatoms. The molecule has 1 aliphatic rings. The van der Waals surface area contributed by atoms with E-state index in [1.807, 2.05) is 6.07 Å². The number of methoxy groups -OCH3 is 2. The normalized spacial score (nSPS) is 15.5. The van der Waals surface area contributed by atoms with Gasteiger partial charge in [0.25, 0.3) is 0 Å². The van der Waals surface area contributed by atoms with Gasteiger partial charge in [0.05, 0.1) is 20.3 Å². The third-order valence-electron chi connectivity index (χ3n) is 5.39. The van der Waals surface area contributed by atoms with E-state index in [1.54, 1.807) is 14.2 Å². The lowest BCUT2D eigenvalue weighted by Crippen LogP contribution is -2.37. The maximum atomic E-state index is 9.60. The van der Waals surface area contributed by atoms with Crippen molar-refractivity contribution in [3.63, 3.8) is 0 Å². The largest absolute Gasteiger partial charge is 0.493 e. The number of benzene rings is 2. The van der Waals surface area contributed by atoms with Crippen LogP contribution in [0.25, 0.3) is 11.1 Å². The second kappa shape index (κ2) is 10.5. The van der Waals surface area contributed by atoms with Gasteiger partial charge >= 0.3 is 0 Å². The van der Waals surface area contributed by atoms with Gasteiger partial charge in [0.1, 0.15) is 0 Å². The van der Waals surface area contributed by atoms with Crippen LogP contribution in [0.1, 0.15) is 24.8 Å². The van der Waals surface area contributed by atoms with Crippen molar-refractivity contribution < 1.29 is 14.6 Å². The molecule has 0 aromatic heterocycles. The second-order valence-electron chi connectivity index (χ2n) is 7.33. The van der Waals surface area contributed by atoms with Crippen molar-refractivity contribution in [1.29, 1.82) is 0 Å². The standard InChI is InChI=1S/C23H32N2O3/c1-27-22-15-19(17-24-11-6-12-25-13-9-20(26)10-14-25)21(16-23(22)28-2)18-7-4-3-5-8-18/h3-5,7-8,15-16,20,24,26H,6,9-14,17H2,1-2H3. The van der Waals surface area contributed by atoms with Crippen LogP contribution in [0.15, 0.2) is 42.5 Å². The Balaban J connectivity index is 1.60. The number of rotatable bonds is 9. The van der Waals surface area contributed by atoms with Gasteiger partial charge in [0, 0.05) is 19.6 Å². The number of hydrogen-bond donors (Lipinski definition) is 2. The number of nitrogens with zero attached hydrogens (tertiary/aromatic N) is 1. The molecule has 5 nitrogen and oxygen atoms in total. The van der Waals surface area contributed by atoms with Crippen LogP contribution >= 0.6 is 0 Å². The molecule has 2 aromatic rings. The number of hydrogen-bond acceptors (Lipinski definition) is 5. The third kappa shape index (κ3) is 5.47. The fourth-order valence-electron chi connectivity index (χ4n) is 3.75. The van der Waals surface area contributed by atoms with Crippen LogP contribution in [-0.2, 0) is 6.54 Å². The smallest absolute Gasteiger partial charge is 0.161 e. The maximum Gasteiger partial charge on any atom is 0.161 e. The van der Waals surface area contributed by atoms with E-state index in [9.17, 15) is 5.11 Å². The molecule has 3 rings (SSSR count). The van der Waals surface area contributed by atoms with Gasteiger partial charge in [-0.05, 0) is 61.2 Å². The Bertz CT molecular complexity index is 728. The summed E-state index contributed by atoms with van der Waals surface area (Å²) < 4.78 is 11.0. The van der Waals surface area contributed by atoms with Gasteiger partial charge in [-0.15, -0.1) is 0 Å². The van der Waals surface area contributed by atoms with E-state index < -0.39 is 0 Å². The summed E-state index contributed by atoms with van der Waals surface area (Å²) >= 11 is 0. The monoisotopic (exact) mass is 384 g/mol. The average Bonchev–Trinajstić information content (AvgIpc) is 2.75. The van der Waals surface area contributed by atoms with Crippen LogP contribution in [0.2, 0.25) is 0 Å². The highest BCUT2D eigenvalue weighted by molar-refractivity contribution is 5.71. The fourth-order valence-corrected chi connectivity index (χ4v) is 3.75. The summed E-state index contributed by atoms with van der Waals surface area (Å²) in [5.41, 5.74) is 3.54. The molecule has 0 spiro atoms. The Morgan fingerprint density at radius 2 is 1.71 bits per heavy atom. The van der Waals surface area contributed by atoms with Crippen molar-refractivity contribution in [3.05, 3.63) is 48.0 Å². The van der Waals surface area contributed by atoms with Gasteiger partial charge in [0.2, 0.25) is 0 Å². The fraction of sp³-hybridized carbons (Fsp3) is 0.478. The summed E-state index contributed by atoms with van der Waals surface area (Å²) in [6.07, 6.45) is 2.80. The predicted octanol–water partition coefficient (Wildman–Crippen LogP) is 3.31. The lowest BCUT2D eigenvalue weighted by molar-refractivity contribution is 0.0821. The summed E-state index contributed by atoms with van der Waals surface area (Å²) in [5, 5.41) is 13.2. The molecule has 0 atom stereocenters. The third-order valence-corrected chi connectivity index (χ3v) is 5.39. The molecular formula is C23H32N2O3. The van der Waals surface area contributed by atoms with Crippen molar-refractivity contribution in [2.75, 3.05) is 40.4 Å². The number of ether oxygens (including phenoxy) is 2. The van der Waals surface area contributed by atoms with Gasteiger partial charge in [-0.2, -0.15) is 0 Å².